The molecule has 4 heteroatoms. The Morgan fingerprint density at radius 1 is 0.875 bits per heavy atom. The summed E-state index contributed by atoms with van der Waals surface area (Å²) in [6, 6.07) is 7.34. The van der Waals surface area contributed by atoms with E-state index < -0.39 is 0 Å². The van der Waals surface area contributed by atoms with Gasteiger partial charge in [-0.1, -0.05) is 6.07 Å². The predicted octanol–water partition coefficient (Wildman–Crippen LogP) is 1.21. The van der Waals surface area contributed by atoms with Gasteiger partial charge in [-0.2, -0.15) is 0 Å². The van der Waals surface area contributed by atoms with Crippen molar-refractivity contribution in [1.82, 2.24) is 0 Å². The van der Waals surface area contributed by atoms with Gasteiger partial charge < -0.3 is 19.7 Å². The second-order valence-corrected chi connectivity index (χ2v) is 3.33. The largest absolute Gasteiger partial charge is 0.493 e. The minimum absolute atomic E-state index is 0.132. The molecule has 1 aromatic carbocycles. The Balaban J connectivity index is 2.37. The van der Waals surface area contributed by atoms with E-state index in [1.54, 1.807) is 6.07 Å². The maximum Gasteiger partial charge on any atom is 0.122 e. The number of aliphatic hydroxyl groups excluding tert-OH is 2. The van der Waals surface area contributed by atoms with Crippen LogP contribution in [0.4, 0.5) is 0 Å². The summed E-state index contributed by atoms with van der Waals surface area (Å²) in [7, 11) is 0. The molecule has 1 aromatic rings. The molecule has 0 atom stereocenters. The molecule has 0 radical (unpaired) electrons. The first-order valence-corrected chi connectivity index (χ1v) is 5.44. The third-order valence-corrected chi connectivity index (χ3v) is 1.95. The van der Waals surface area contributed by atoms with Crippen LogP contribution in [0.15, 0.2) is 24.3 Å². The first-order chi connectivity index (χ1) is 7.86. The van der Waals surface area contributed by atoms with Gasteiger partial charge in [-0.05, 0) is 12.1 Å². The molecule has 0 fully saturated rings. The summed E-state index contributed by atoms with van der Waals surface area (Å²) in [5.74, 6) is 1.46. The van der Waals surface area contributed by atoms with Crippen LogP contribution in [0, 0.1) is 0 Å². The van der Waals surface area contributed by atoms with E-state index in [1.165, 1.54) is 0 Å². The van der Waals surface area contributed by atoms with Gasteiger partial charge >= 0.3 is 0 Å². The fourth-order valence-electron chi connectivity index (χ4n) is 1.16. The summed E-state index contributed by atoms with van der Waals surface area (Å²) in [4.78, 5) is 0. The highest BCUT2D eigenvalue weighted by Crippen LogP contribution is 2.19. The van der Waals surface area contributed by atoms with Gasteiger partial charge in [0.05, 0.1) is 13.2 Å². The molecule has 1 rings (SSSR count). The van der Waals surface area contributed by atoms with Crippen LogP contribution < -0.4 is 9.47 Å². The molecule has 0 aliphatic heterocycles. The van der Waals surface area contributed by atoms with Crippen molar-refractivity contribution in [2.75, 3.05) is 26.4 Å². The zero-order chi connectivity index (χ0) is 11.6. The van der Waals surface area contributed by atoms with Crippen LogP contribution in [0.3, 0.4) is 0 Å². The van der Waals surface area contributed by atoms with Gasteiger partial charge in [0.1, 0.15) is 11.5 Å². The van der Waals surface area contributed by atoms with Crippen molar-refractivity contribution in [2.24, 2.45) is 0 Å². The van der Waals surface area contributed by atoms with Crippen molar-refractivity contribution in [1.29, 1.82) is 0 Å². The standard InChI is InChI=1S/C12H18O4/c13-6-2-8-15-11-4-1-5-12(10-11)16-9-3-7-14/h1,4-5,10,13-14H,2-3,6-9H2. The van der Waals surface area contributed by atoms with Crippen LogP contribution in [-0.2, 0) is 0 Å². The molecule has 0 saturated heterocycles. The van der Waals surface area contributed by atoms with Crippen molar-refractivity contribution in [3.05, 3.63) is 24.3 Å². The van der Waals surface area contributed by atoms with Crippen molar-refractivity contribution < 1.29 is 19.7 Å². The Hall–Kier alpha value is -1.26. The van der Waals surface area contributed by atoms with Crippen LogP contribution in [-0.4, -0.2) is 36.6 Å². The average Bonchev–Trinajstić information content (AvgIpc) is 2.30. The zero-order valence-electron chi connectivity index (χ0n) is 9.26. The molecular weight excluding hydrogens is 208 g/mol. The molecule has 0 heterocycles. The highest BCUT2D eigenvalue weighted by atomic mass is 16.5. The van der Waals surface area contributed by atoms with Gasteiger partial charge in [0.2, 0.25) is 0 Å². The van der Waals surface area contributed by atoms with Crippen LogP contribution >= 0.6 is 0 Å². The maximum absolute atomic E-state index is 8.61. The molecule has 0 saturated carbocycles. The first kappa shape index (κ1) is 12.8. The number of hydrogen-bond acceptors (Lipinski definition) is 4. The number of benzene rings is 1. The molecule has 0 aliphatic carbocycles. The number of ether oxygens (including phenoxy) is 2. The summed E-state index contributed by atoms with van der Waals surface area (Å²) in [5.41, 5.74) is 0. The SMILES string of the molecule is OCCCOc1cccc(OCCCO)c1. The second-order valence-electron chi connectivity index (χ2n) is 3.33. The quantitative estimate of drug-likeness (QED) is 0.654. The van der Waals surface area contributed by atoms with Crippen LogP contribution in [0.25, 0.3) is 0 Å². The lowest BCUT2D eigenvalue weighted by Gasteiger charge is -2.08. The van der Waals surface area contributed by atoms with Crippen LogP contribution in [0.2, 0.25) is 0 Å². The topological polar surface area (TPSA) is 58.9 Å². The molecule has 0 aliphatic rings. The molecule has 16 heavy (non-hydrogen) atoms. The fraction of sp³-hybridized carbons (Fsp3) is 0.500. The van der Waals surface area contributed by atoms with Crippen LogP contribution in [0.1, 0.15) is 12.8 Å². The van der Waals surface area contributed by atoms with Gasteiger partial charge in [0, 0.05) is 32.1 Å². The Kier molecular flexibility index (Phi) is 6.37. The van der Waals surface area contributed by atoms with E-state index in [4.69, 9.17) is 19.7 Å². The Bertz CT molecular complexity index is 263. The molecule has 0 aromatic heterocycles. The van der Waals surface area contributed by atoms with E-state index in [0.29, 0.717) is 26.1 Å². The molecule has 90 valence electrons. The minimum Gasteiger partial charge on any atom is -0.493 e. The second kappa shape index (κ2) is 7.96. The molecule has 0 unspecified atom stereocenters. The van der Waals surface area contributed by atoms with Gasteiger partial charge in [0.15, 0.2) is 0 Å². The maximum atomic E-state index is 8.61. The summed E-state index contributed by atoms with van der Waals surface area (Å²) in [6.45, 7) is 1.26. The first-order valence-electron chi connectivity index (χ1n) is 5.44. The highest BCUT2D eigenvalue weighted by Gasteiger charge is 1.97. The van der Waals surface area contributed by atoms with Gasteiger partial charge in [-0.15, -0.1) is 0 Å². The van der Waals surface area contributed by atoms with Gasteiger partial charge in [-0.25, -0.2) is 0 Å². The van der Waals surface area contributed by atoms with Gasteiger partial charge in [0.25, 0.3) is 0 Å². The lowest BCUT2D eigenvalue weighted by Crippen LogP contribution is -2.01. The highest BCUT2D eigenvalue weighted by molar-refractivity contribution is 5.32. The number of hydrogen-bond donors (Lipinski definition) is 2. The van der Waals surface area contributed by atoms with Crippen molar-refractivity contribution >= 4 is 0 Å². The predicted molar refractivity (Wildman–Crippen MR) is 60.8 cm³/mol. The summed E-state index contributed by atoms with van der Waals surface area (Å²) in [5, 5.41) is 17.2. The van der Waals surface area contributed by atoms with Crippen molar-refractivity contribution in [2.45, 2.75) is 12.8 Å². The normalized spacial score (nSPS) is 10.1. The van der Waals surface area contributed by atoms with Gasteiger partial charge in [-0.3, -0.25) is 0 Å². The number of rotatable bonds is 8. The molecule has 0 amide bonds. The van der Waals surface area contributed by atoms with Crippen molar-refractivity contribution in [3.63, 3.8) is 0 Å². The monoisotopic (exact) mass is 226 g/mol. The summed E-state index contributed by atoms with van der Waals surface area (Å²) in [6.07, 6.45) is 1.24. The van der Waals surface area contributed by atoms with E-state index in [9.17, 15) is 0 Å². The molecule has 2 N–H and O–H groups in total. The molecule has 4 nitrogen and oxygen atoms in total. The Morgan fingerprint density at radius 3 is 1.81 bits per heavy atom. The summed E-state index contributed by atoms with van der Waals surface area (Å²) >= 11 is 0. The zero-order valence-corrected chi connectivity index (χ0v) is 9.26. The minimum atomic E-state index is 0.132. The molecular formula is C12H18O4. The third-order valence-electron chi connectivity index (χ3n) is 1.95. The van der Waals surface area contributed by atoms with E-state index in [1.807, 2.05) is 18.2 Å². The smallest absolute Gasteiger partial charge is 0.122 e. The lowest BCUT2D eigenvalue weighted by molar-refractivity contribution is 0.228. The van der Waals surface area contributed by atoms with E-state index in [-0.39, 0.29) is 13.2 Å². The van der Waals surface area contributed by atoms with E-state index in [0.717, 1.165) is 11.5 Å². The number of aliphatic hydroxyl groups is 2. The molecule has 0 bridgehead atoms. The Labute approximate surface area is 95.4 Å². The summed E-state index contributed by atoms with van der Waals surface area (Å²) < 4.78 is 10.8. The van der Waals surface area contributed by atoms with E-state index >= 15 is 0 Å². The van der Waals surface area contributed by atoms with Crippen molar-refractivity contribution in [3.8, 4) is 11.5 Å². The third kappa shape index (κ3) is 5.00. The Morgan fingerprint density at radius 2 is 1.38 bits per heavy atom. The van der Waals surface area contributed by atoms with E-state index in [2.05, 4.69) is 0 Å². The lowest BCUT2D eigenvalue weighted by atomic mass is 10.3. The fourth-order valence-corrected chi connectivity index (χ4v) is 1.16. The van der Waals surface area contributed by atoms with Crippen LogP contribution in [0.5, 0.6) is 11.5 Å². The average molecular weight is 226 g/mol. The molecule has 0 spiro atoms.